The van der Waals surface area contributed by atoms with E-state index in [9.17, 15) is 0 Å². The highest BCUT2D eigenvalue weighted by atomic mass is 79.9. The number of terminal acetylenes is 1. The first-order chi connectivity index (χ1) is 14.2. The second-order valence-corrected chi connectivity index (χ2v) is 7.69. The minimum Gasteiger partial charge on any atom is -0.463 e. The molecule has 0 saturated carbocycles. The molecule has 3 heterocycles. The maximum absolute atomic E-state index is 5.70. The molecule has 0 aliphatic carbocycles. The van der Waals surface area contributed by atoms with Crippen molar-refractivity contribution in [3.63, 3.8) is 0 Å². The molecule has 0 radical (unpaired) electrons. The van der Waals surface area contributed by atoms with E-state index in [1.807, 2.05) is 54.9 Å². The maximum Gasteiger partial charge on any atom is 0.154 e. The zero-order valence-corrected chi connectivity index (χ0v) is 17.2. The van der Waals surface area contributed by atoms with E-state index in [1.54, 1.807) is 6.26 Å². The van der Waals surface area contributed by atoms with Crippen LogP contribution in [-0.2, 0) is 0 Å². The SMILES string of the molecule is C#Cc1ccc2c(c1)C(c1ccccc1Br)=N[C@H](C)c1c(-c3ccco3)ncn1-2. The van der Waals surface area contributed by atoms with Crippen LogP contribution in [-0.4, -0.2) is 15.3 Å². The third-order valence-electron chi connectivity index (χ3n) is 5.08. The van der Waals surface area contributed by atoms with Crippen molar-refractivity contribution in [2.45, 2.75) is 13.0 Å². The van der Waals surface area contributed by atoms with Crippen LogP contribution in [0.4, 0.5) is 0 Å². The van der Waals surface area contributed by atoms with Crippen molar-refractivity contribution in [1.29, 1.82) is 0 Å². The fourth-order valence-electron chi connectivity index (χ4n) is 3.77. The third kappa shape index (κ3) is 2.84. The molecule has 0 N–H and O–H groups in total. The molecular weight excluding hydrogens is 426 g/mol. The van der Waals surface area contributed by atoms with Gasteiger partial charge in [0.2, 0.25) is 0 Å². The van der Waals surface area contributed by atoms with Crippen LogP contribution in [0.2, 0.25) is 0 Å². The summed E-state index contributed by atoms with van der Waals surface area (Å²) in [5, 5.41) is 0. The van der Waals surface area contributed by atoms with Crippen molar-refractivity contribution in [2.24, 2.45) is 4.99 Å². The molecule has 0 fully saturated rings. The lowest BCUT2D eigenvalue weighted by molar-refractivity contribution is 0.578. The van der Waals surface area contributed by atoms with Crippen molar-refractivity contribution in [3.8, 4) is 29.5 Å². The first-order valence-corrected chi connectivity index (χ1v) is 10.0. The Morgan fingerprint density at radius 3 is 2.72 bits per heavy atom. The predicted octanol–water partition coefficient (Wildman–Crippen LogP) is 5.79. The zero-order chi connectivity index (χ0) is 20.0. The number of rotatable bonds is 2. The molecule has 1 aliphatic heterocycles. The molecule has 0 spiro atoms. The van der Waals surface area contributed by atoms with Crippen molar-refractivity contribution in [1.82, 2.24) is 9.55 Å². The first-order valence-electron chi connectivity index (χ1n) is 9.22. The average Bonchev–Trinajstić information content (AvgIpc) is 3.39. The van der Waals surface area contributed by atoms with Gasteiger partial charge in [0.25, 0.3) is 0 Å². The molecule has 29 heavy (non-hydrogen) atoms. The van der Waals surface area contributed by atoms with Gasteiger partial charge in [-0.15, -0.1) is 6.42 Å². The second-order valence-electron chi connectivity index (χ2n) is 6.84. The number of nitrogens with zero attached hydrogens (tertiary/aromatic N) is 3. The number of benzene rings is 2. The van der Waals surface area contributed by atoms with Crippen LogP contribution in [0.5, 0.6) is 0 Å². The molecule has 4 aromatic rings. The Bertz CT molecular complexity index is 1290. The van der Waals surface area contributed by atoms with Gasteiger partial charge in [0.1, 0.15) is 12.0 Å². The highest BCUT2D eigenvalue weighted by Crippen LogP contribution is 2.37. The molecule has 4 nitrogen and oxygen atoms in total. The van der Waals surface area contributed by atoms with Crippen LogP contribution in [0.1, 0.15) is 35.3 Å². The van der Waals surface area contributed by atoms with Crippen LogP contribution < -0.4 is 0 Å². The van der Waals surface area contributed by atoms with E-state index in [1.165, 1.54) is 0 Å². The summed E-state index contributed by atoms with van der Waals surface area (Å²) in [6.45, 7) is 2.07. The highest BCUT2D eigenvalue weighted by molar-refractivity contribution is 9.10. The van der Waals surface area contributed by atoms with E-state index in [-0.39, 0.29) is 6.04 Å². The number of furan rings is 1. The largest absolute Gasteiger partial charge is 0.463 e. The normalized spacial score (nSPS) is 15.1. The zero-order valence-electron chi connectivity index (χ0n) is 15.6. The van der Waals surface area contributed by atoms with E-state index in [4.69, 9.17) is 15.8 Å². The molecule has 0 unspecified atom stereocenters. The lowest BCUT2D eigenvalue weighted by Crippen LogP contribution is -2.08. The summed E-state index contributed by atoms with van der Waals surface area (Å²) in [7, 11) is 0. The summed E-state index contributed by atoms with van der Waals surface area (Å²) in [6.07, 6.45) is 9.18. The molecule has 0 amide bonds. The summed E-state index contributed by atoms with van der Waals surface area (Å²) < 4.78 is 8.70. The van der Waals surface area contributed by atoms with Gasteiger partial charge in [-0.05, 0) is 43.3 Å². The minimum absolute atomic E-state index is 0.138. The quantitative estimate of drug-likeness (QED) is 0.369. The molecule has 5 heteroatoms. The first kappa shape index (κ1) is 17.7. The van der Waals surface area contributed by atoms with Gasteiger partial charge < -0.3 is 4.42 Å². The van der Waals surface area contributed by atoms with Crippen LogP contribution in [0.25, 0.3) is 17.1 Å². The minimum atomic E-state index is -0.138. The van der Waals surface area contributed by atoms with E-state index in [0.29, 0.717) is 0 Å². The molecule has 1 atom stereocenters. The maximum atomic E-state index is 5.70. The number of hydrogen-bond donors (Lipinski definition) is 0. The van der Waals surface area contributed by atoms with Crippen molar-refractivity contribution in [3.05, 3.63) is 94.0 Å². The summed E-state index contributed by atoms with van der Waals surface area (Å²) >= 11 is 3.68. The number of hydrogen-bond acceptors (Lipinski definition) is 3. The van der Waals surface area contributed by atoms with Gasteiger partial charge in [0.15, 0.2) is 5.76 Å². The summed E-state index contributed by atoms with van der Waals surface area (Å²) in [6, 6.07) is 17.7. The van der Waals surface area contributed by atoms with Gasteiger partial charge in [0, 0.05) is 21.2 Å². The lowest BCUT2D eigenvalue weighted by Gasteiger charge is -2.13. The van der Waals surface area contributed by atoms with E-state index in [2.05, 4.69) is 44.4 Å². The van der Waals surface area contributed by atoms with E-state index >= 15 is 0 Å². The molecule has 2 aromatic carbocycles. The van der Waals surface area contributed by atoms with Gasteiger partial charge in [-0.25, -0.2) is 4.98 Å². The number of aliphatic imine (C=N–C) groups is 1. The van der Waals surface area contributed by atoms with Gasteiger partial charge in [-0.3, -0.25) is 9.56 Å². The van der Waals surface area contributed by atoms with E-state index < -0.39 is 0 Å². The number of imidazole rings is 1. The van der Waals surface area contributed by atoms with Gasteiger partial charge >= 0.3 is 0 Å². The molecule has 0 bridgehead atoms. The Morgan fingerprint density at radius 2 is 1.97 bits per heavy atom. The van der Waals surface area contributed by atoms with Gasteiger partial charge in [0.05, 0.1) is 29.4 Å². The van der Waals surface area contributed by atoms with Crippen LogP contribution in [0, 0.1) is 12.3 Å². The van der Waals surface area contributed by atoms with Crippen LogP contribution in [0.3, 0.4) is 0 Å². The predicted molar refractivity (Wildman–Crippen MR) is 117 cm³/mol. The Hall–Kier alpha value is -3.36. The Labute approximate surface area is 177 Å². The van der Waals surface area contributed by atoms with Gasteiger partial charge in [-0.2, -0.15) is 0 Å². The molecule has 140 valence electrons. The number of aromatic nitrogens is 2. The number of fused-ring (bicyclic) bond motifs is 3. The molecule has 1 aliphatic rings. The standard InChI is InChI=1S/C24H16BrN3O/c1-3-16-10-11-20-18(13-16)22(17-7-4-5-8-19(17)25)27-15(2)24-23(26-14-28(20)24)21-9-6-12-29-21/h1,4-15H,2H3/t15-/m1/s1. The molecular formula is C24H16BrN3O. The van der Waals surface area contributed by atoms with Crippen LogP contribution >= 0.6 is 15.9 Å². The monoisotopic (exact) mass is 441 g/mol. The number of halogens is 1. The summed E-state index contributed by atoms with van der Waals surface area (Å²) in [5.74, 6) is 3.47. The summed E-state index contributed by atoms with van der Waals surface area (Å²) in [5.41, 5.74) is 6.47. The smallest absolute Gasteiger partial charge is 0.154 e. The summed E-state index contributed by atoms with van der Waals surface area (Å²) in [4.78, 5) is 9.76. The lowest BCUT2D eigenvalue weighted by atomic mass is 9.98. The molecule has 0 saturated heterocycles. The topological polar surface area (TPSA) is 43.3 Å². The van der Waals surface area contributed by atoms with Crippen molar-refractivity contribution >= 4 is 21.6 Å². The Balaban J connectivity index is 1.83. The highest BCUT2D eigenvalue weighted by Gasteiger charge is 2.28. The van der Waals surface area contributed by atoms with Crippen LogP contribution in [0.15, 0.2) is 81.1 Å². The fraction of sp³-hybridized carbons (Fsp3) is 0.0833. The van der Waals surface area contributed by atoms with E-state index in [0.717, 1.165) is 49.7 Å². The molecule has 2 aromatic heterocycles. The Morgan fingerprint density at radius 1 is 1.10 bits per heavy atom. The van der Waals surface area contributed by atoms with Gasteiger partial charge in [-0.1, -0.05) is 40.0 Å². The van der Waals surface area contributed by atoms with Crippen molar-refractivity contribution < 1.29 is 4.42 Å². The Kier molecular flexibility index (Phi) is 4.22. The third-order valence-corrected chi connectivity index (χ3v) is 5.78. The average molecular weight is 442 g/mol. The fourth-order valence-corrected chi connectivity index (χ4v) is 4.24. The van der Waals surface area contributed by atoms with Crippen molar-refractivity contribution in [2.75, 3.05) is 0 Å². The molecule has 5 rings (SSSR count). The second kappa shape index (κ2) is 6.91.